The van der Waals surface area contributed by atoms with Crippen LogP contribution in [0.25, 0.3) is 0 Å². The molecule has 0 N–H and O–H groups in total. The maximum atomic E-state index is 10.3. The van der Waals surface area contributed by atoms with Gasteiger partial charge in [0.25, 0.3) is 0 Å². The van der Waals surface area contributed by atoms with Crippen molar-refractivity contribution in [3.8, 4) is 0 Å². The van der Waals surface area contributed by atoms with E-state index in [0.717, 1.165) is 0 Å². The van der Waals surface area contributed by atoms with Gasteiger partial charge >= 0.3 is 59.1 Å². The minimum Gasteiger partial charge on any atom is -0.772 e. The molecule has 0 saturated heterocycles. The third-order valence-corrected chi connectivity index (χ3v) is 2.04. The van der Waals surface area contributed by atoms with Gasteiger partial charge in [-0.2, -0.15) is 0 Å². The summed E-state index contributed by atoms with van der Waals surface area (Å²) in [5.41, 5.74) is 0.596. The molecule has 0 aliphatic rings. The maximum absolute atomic E-state index is 10.3. The molecular weight excluding hydrogens is 238 g/mol. The molecule has 7 heteroatoms. The van der Waals surface area contributed by atoms with Gasteiger partial charge in [-0.05, 0) is 11.1 Å². The van der Waals surface area contributed by atoms with Crippen molar-refractivity contribution in [2.24, 2.45) is 0 Å². The van der Waals surface area contributed by atoms with Crippen LogP contribution in [0.15, 0.2) is 24.3 Å². The minimum absolute atomic E-state index is 0. The van der Waals surface area contributed by atoms with Gasteiger partial charge in [-0.15, -0.1) is 0 Å². The number of carboxylic acids is 1. The van der Waals surface area contributed by atoms with Crippen molar-refractivity contribution >= 4 is 17.0 Å². The molecule has 0 aliphatic heterocycles. The van der Waals surface area contributed by atoms with E-state index in [4.69, 9.17) is 0 Å². The van der Waals surface area contributed by atoms with Crippen molar-refractivity contribution in [3.63, 3.8) is 0 Å². The molecule has 0 spiro atoms. The van der Waals surface area contributed by atoms with E-state index in [2.05, 4.69) is 0 Å². The van der Waals surface area contributed by atoms with Gasteiger partial charge in [-0.3, -0.25) is 4.21 Å². The van der Waals surface area contributed by atoms with E-state index in [1.54, 1.807) is 0 Å². The van der Waals surface area contributed by atoms with Gasteiger partial charge in [-0.25, -0.2) is 0 Å². The fourth-order valence-electron chi connectivity index (χ4n) is 0.873. The van der Waals surface area contributed by atoms with E-state index >= 15 is 0 Å². The molecule has 70 valence electrons. The van der Waals surface area contributed by atoms with Crippen LogP contribution < -0.4 is 64.2 Å². The number of hydrogen-bond acceptors (Lipinski definition) is 4. The first-order valence-corrected chi connectivity index (χ1v) is 4.70. The Labute approximate surface area is 134 Å². The van der Waals surface area contributed by atoms with Crippen LogP contribution in [0.1, 0.15) is 15.9 Å². The van der Waals surface area contributed by atoms with E-state index in [1.165, 1.54) is 24.3 Å². The van der Waals surface area contributed by atoms with Gasteiger partial charge < -0.3 is 14.5 Å². The Hall–Kier alpha value is 0.800. The second kappa shape index (κ2) is 8.90. The number of rotatable bonds is 3. The second-order valence-corrected chi connectivity index (χ2v) is 3.33. The minimum atomic E-state index is -2.15. The first-order valence-electron chi connectivity index (χ1n) is 3.46. The number of benzene rings is 1. The molecule has 0 saturated carbocycles. The van der Waals surface area contributed by atoms with Crippen LogP contribution in [0.5, 0.6) is 0 Å². The molecule has 0 fully saturated rings. The fraction of sp³-hybridized carbons (Fsp3) is 0.125. The number of carbonyl (C=O) groups is 1. The van der Waals surface area contributed by atoms with Crippen LogP contribution in [0.3, 0.4) is 0 Å². The largest absolute Gasteiger partial charge is 1.00 e. The molecular formula is C8H6Na2O4S. The van der Waals surface area contributed by atoms with Crippen LogP contribution >= 0.6 is 0 Å². The van der Waals surface area contributed by atoms with E-state index in [1.807, 2.05) is 0 Å². The molecule has 1 aromatic carbocycles. The van der Waals surface area contributed by atoms with Gasteiger partial charge in [0.05, 0.1) is 5.97 Å². The number of carboxylic acid groups (broad SMARTS) is 1. The smallest absolute Gasteiger partial charge is 0.772 e. The van der Waals surface area contributed by atoms with Crippen molar-refractivity contribution < 1.29 is 77.8 Å². The van der Waals surface area contributed by atoms with Crippen LogP contribution in [0.4, 0.5) is 0 Å². The topological polar surface area (TPSA) is 80.3 Å². The SMILES string of the molecule is O=C([O-])c1ccc(CS(=O)[O-])cc1.[Na+].[Na+]. The van der Waals surface area contributed by atoms with Gasteiger partial charge in [0.1, 0.15) is 0 Å². The van der Waals surface area contributed by atoms with Crippen molar-refractivity contribution in [1.82, 2.24) is 0 Å². The second-order valence-electron chi connectivity index (χ2n) is 2.43. The predicted octanol–water partition coefficient (Wildman–Crippen LogP) is -6.56. The summed E-state index contributed by atoms with van der Waals surface area (Å²) in [6, 6.07) is 5.52. The first kappa shape index (κ1) is 18.2. The van der Waals surface area contributed by atoms with Gasteiger partial charge in [0.2, 0.25) is 0 Å². The van der Waals surface area contributed by atoms with Crippen LogP contribution in [-0.2, 0) is 16.8 Å². The van der Waals surface area contributed by atoms with Crippen LogP contribution in [-0.4, -0.2) is 14.7 Å². The summed E-state index contributed by atoms with van der Waals surface area (Å²) in [5.74, 6) is -1.37. The van der Waals surface area contributed by atoms with Crippen LogP contribution in [0, 0.1) is 0 Å². The maximum Gasteiger partial charge on any atom is 1.00 e. The molecule has 1 rings (SSSR count). The molecule has 1 aromatic rings. The fourth-order valence-corrected chi connectivity index (χ4v) is 1.34. The van der Waals surface area contributed by atoms with Crippen LogP contribution in [0.2, 0.25) is 0 Å². The number of hydrogen-bond donors (Lipinski definition) is 0. The van der Waals surface area contributed by atoms with Gasteiger partial charge in [0.15, 0.2) is 0 Å². The van der Waals surface area contributed by atoms with Crippen molar-refractivity contribution in [2.75, 3.05) is 0 Å². The molecule has 1 unspecified atom stereocenters. The average molecular weight is 244 g/mol. The standard InChI is InChI=1S/C8H8O4S.2Na/c9-8(10)7-3-1-6(2-4-7)5-13(11)12;;/h1-4H,5H2,(H,9,10)(H,11,12);;/q;2*+1/p-2. The van der Waals surface area contributed by atoms with E-state index in [0.29, 0.717) is 5.56 Å². The quantitative estimate of drug-likeness (QED) is 0.391. The molecule has 4 nitrogen and oxygen atoms in total. The Morgan fingerprint density at radius 1 is 1.20 bits per heavy atom. The van der Waals surface area contributed by atoms with Crippen molar-refractivity contribution in [2.45, 2.75) is 5.75 Å². The Bertz CT molecular complexity index is 339. The molecule has 1 atom stereocenters. The third-order valence-electron chi connectivity index (χ3n) is 1.47. The summed E-state index contributed by atoms with van der Waals surface area (Å²) in [4.78, 5) is 10.3. The van der Waals surface area contributed by atoms with Gasteiger partial charge in [0, 0.05) is 5.75 Å². The molecule has 0 heterocycles. The Kier molecular flexibility index (Phi) is 10.8. The molecule has 0 amide bonds. The normalized spacial score (nSPS) is 10.7. The zero-order valence-corrected chi connectivity index (χ0v) is 13.4. The van der Waals surface area contributed by atoms with E-state index < -0.39 is 17.0 Å². The number of carbonyl (C=O) groups excluding carboxylic acids is 1. The molecule has 15 heavy (non-hydrogen) atoms. The summed E-state index contributed by atoms with van der Waals surface area (Å²) in [7, 11) is 0. The summed E-state index contributed by atoms with van der Waals surface area (Å²) in [5, 5.41) is 10.3. The Balaban J connectivity index is 0. The summed E-state index contributed by atoms with van der Waals surface area (Å²) in [6.07, 6.45) is 0. The zero-order valence-electron chi connectivity index (χ0n) is 8.56. The van der Waals surface area contributed by atoms with Gasteiger partial charge in [-0.1, -0.05) is 35.3 Å². The molecule has 0 radical (unpaired) electrons. The predicted molar refractivity (Wildman–Crippen MR) is 43.4 cm³/mol. The van der Waals surface area contributed by atoms with E-state index in [-0.39, 0.29) is 70.4 Å². The third kappa shape index (κ3) is 6.86. The summed E-state index contributed by atoms with van der Waals surface area (Å²) in [6.45, 7) is 0. The molecule has 0 aromatic heterocycles. The average Bonchev–Trinajstić information content (AvgIpc) is 2.04. The Morgan fingerprint density at radius 3 is 2.00 bits per heavy atom. The molecule has 0 aliphatic carbocycles. The summed E-state index contributed by atoms with van der Waals surface area (Å²) < 4.78 is 20.5. The molecule has 0 bridgehead atoms. The van der Waals surface area contributed by atoms with E-state index in [9.17, 15) is 18.7 Å². The summed E-state index contributed by atoms with van der Waals surface area (Å²) >= 11 is -2.15. The van der Waals surface area contributed by atoms with Crippen molar-refractivity contribution in [1.29, 1.82) is 0 Å². The van der Waals surface area contributed by atoms with Crippen molar-refractivity contribution in [3.05, 3.63) is 35.4 Å². The Morgan fingerprint density at radius 2 is 1.67 bits per heavy atom. The first-order chi connectivity index (χ1) is 6.09. The number of aromatic carboxylic acids is 1. The zero-order chi connectivity index (χ0) is 9.84. The monoisotopic (exact) mass is 244 g/mol.